The lowest BCUT2D eigenvalue weighted by atomic mass is 10.1. The Morgan fingerprint density at radius 3 is 2.24 bits per heavy atom. The van der Waals surface area contributed by atoms with Crippen LogP contribution in [0.2, 0.25) is 0 Å². The number of carbonyl (C=O) groups excluding carboxylic acids is 2. The molecule has 3 aromatic carbocycles. The molecule has 1 heterocycles. The molecule has 0 saturated heterocycles. The number of nitrogens with zero attached hydrogens (tertiary/aromatic N) is 3. The molecule has 1 aromatic heterocycles. The molecule has 0 fully saturated rings. The van der Waals surface area contributed by atoms with Crippen LogP contribution in [0, 0.1) is 0 Å². The maximum absolute atomic E-state index is 13.2. The van der Waals surface area contributed by atoms with Crippen molar-refractivity contribution >= 4 is 17.6 Å². The second-order valence-corrected chi connectivity index (χ2v) is 8.70. The number of benzene rings is 3. The Balaban J connectivity index is 1.61. The van der Waals surface area contributed by atoms with Crippen molar-refractivity contribution in [2.24, 2.45) is 0 Å². The van der Waals surface area contributed by atoms with Crippen LogP contribution in [-0.2, 0) is 4.79 Å². The highest BCUT2D eigenvalue weighted by atomic mass is 16.5. The van der Waals surface area contributed by atoms with Crippen LogP contribution >= 0.6 is 0 Å². The molecular weight excluding hydrogens is 468 g/mol. The zero-order valence-electron chi connectivity index (χ0n) is 21.3. The summed E-state index contributed by atoms with van der Waals surface area (Å²) in [6, 6.07) is 25.6. The summed E-state index contributed by atoms with van der Waals surface area (Å²) < 4.78 is 12.2. The average molecular weight is 499 g/mol. The summed E-state index contributed by atoms with van der Waals surface area (Å²) in [7, 11) is 3.16. The lowest BCUT2D eigenvalue weighted by molar-refractivity contribution is -0.117. The van der Waals surface area contributed by atoms with E-state index in [9.17, 15) is 9.59 Å². The van der Waals surface area contributed by atoms with Crippen molar-refractivity contribution in [3.05, 3.63) is 90.5 Å². The summed E-state index contributed by atoms with van der Waals surface area (Å²) in [5.74, 6) is 1.20. The monoisotopic (exact) mass is 498 g/mol. The van der Waals surface area contributed by atoms with Crippen LogP contribution < -0.4 is 14.8 Å². The number of hydrogen-bond donors (Lipinski definition) is 1. The largest absolute Gasteiger partial charge is 0.497 e. The van der Waals surface area contributed by atoms with Gasteiger partial charge in [-0.1, -0.05) is 36.4 Å². The van der Waals surface area contributed by atoms with Crippen molar-refractivity contribution in [2.45, 2.75) is 19.9 Å². The molecule has 190 valence electrons. The Kier molecular flexibility index (Phi) is 7.88. The van der Waals surface area contributed by atoms with Gasteiger partial charge >= 0.3 is 0 Å². The number of ether oxygens (including phenoxy) is 2. The Hall–Kier alpha value is -4.59. The average Bonchev–Trinajstić information content (AvgIpc) is 3.35. The van der Waals surface area contributed by atoms with E-state index in [1.165, 1.54) is 4.90 Å². The first kappa shape index (κ1) is 25.5. The fourth-order valence-corrected chi connectivity index (χ4v) is 3.89. The van der Waals surface area contributed by atoms with E-state index in [2.05, 4.69) is 5.32 Å². The predicted octanol–water partition coefficient (Wildman–Crippen LogP) is 5.05. The molecule has 8 nitrogen and oxygen atoms in total. The molecule has 0 unspecified atom stereocenters. The molecule has 8 heteroatoms. The SMILES string of the molecule is COc1ccc(-n2nc(-c3ccccc3)cc2NC(=O)CN(C(=O)c2cccc(OC)c2)C(C)C)cc1. The third-order valence-electron chi connectivity index (χ3n) is 5.88. The quantitative estimate of drug-likeness (QED) is 0.349. The Morgan fingerprint density at radius 1 is 0.892 bits per heavy atom. The third-order valence-corrected chi connectivity index (χ3v) is 5.88. The molecule has 0 aliphatic rings. The third kappa shape index (κ3) is 5.98. The van der Waals surface area contributed by atoms with E-state index in [4.69, 9.17) is 14.6 Å². The molecule has 0 radical (unpaired) electrons. The van der Waals surface area contributed by atoms with E-state index in [0.29, 0.717) is 28.6 Å². The van der Waals surface area contributed by atoms with Gasteiger partial charge in [0.05, 0.1) is 25.6 Å². The first-order valence-electron chi connectivity index (χ1n) is 11.9. The number of rotatable bonds is 9. The summed E-state index contributed by atoms with van der Waals surface area (Å²) in [5, 5.41) is 7.70. The molecule has 0 aliphatic heterocycles. The predicted molar refractivity (Wildman–Crippen MR) is 143 cm³/mol. The summed E-state index contributed by atoms with van der Waals surface area (Å²) in [5.41, 5.74) is 2.84. The fourth-order valence-electron chi connectivity index (χ4n) is 3.89. The minimum Gasteiger partial charge on any atom is -0.497 e. The number of nitrogens with one attached hydrogen (secondary N) is 1. The van der Waals surface area contributed by atoms with E-state index in [-0.39, 0.29) is 24.4 Å². The number of hydrogen-bond acceptors (Lipinski definition) is 5. The maximum atomic E-state index is 13.2. The van der Waals surface area contributed by atoms with Gasteiger partial charge in [0.1, 0.15) is 23.9 Å². The summed E-state index contributed by atoms with van der Waals surface area (Å²) >= 11 is 0. The zero-order valence-corrected chi connectivity index (χ0v) is 21.3. The van der Waals surface area contributed by atoms with Crippen LogP contribution in [0.25, 0.3) is 16.9 Å². The second-order valence-electron chi connectivity index (χ2n) is 8.70. The van der Waals surface area contributed by atoms with E-state index < -0.39 is 0 Å². The lowest BCUT2D eigenvalue weighted by Crippen LogP contribution is -2.42. The molecule has 0 atom stereocenters. The minimum absolute atomic E-state index is 0.123. The maximum Gasteiger partial charge on any atom is 0.254 e. The van der Waals surface area contributed by atoms with Gasteiger partial charge in [-0.15, -0.1) is 0 Å². The number of aromatic nitrogens is 2. The second kappa shape index (κ2) is 11.4. The molecule has 0 aliphatic carbocycles. The van der Waals surface area contributed by atoms with Crippen LogP contribution in [0.1, 0.15) is 24.2 Å². The summed E-state index contributed by atoms with van der Waals surface area (Å²) in [4.78, 5) is 28.0. The van der Waals surface area contributed by atoms with Crippen LogP contribution in [-0.4, -0.2) is 53.3 Å². The molecule has 2 amide bonds. The Bertz CT molecular complexity index is 1360. The summed E-state index contributed by atoms with van der Waals surface area (Å²) in [6.07, 6.45) is 0. The molecule has 0 spiro atoms. The van der Waals surface area contributed by atoms with Crippen molar-refractivity contribution < 1.29 is 19.1 Å². The first-order chi connectivity index (χ1) is 17.9. The normalized spacial score (nSPS) is 10.7. The van der Waals surface area contributed by atoms with Gasteiger partial charge in [-0.25, -0.2) is 4.68 Å². The van der Waals surface area contributed by atoms with E-state index in [1.54, 1.807) is 43.2 Å². The van der Waals surface area contributed by atoms with Crippen LogP contribution in [0.15, 0.2) is 84.9 Å². The van der Waals surface area contributed by atoms with E-state index >= 15 is 0 Å². The number of methoxy groups -OCH3 is 2. The smallest absolute Gasteiger partial charge is 0.254 e. The van der Waals surface area contributed by atoms with Crippen molar-refractivity contribution in [1.29, 1.82) is 0 Å². The molecule has 0 bridgehead atoms. The fraction of sp³-hybridized carbons (Fsp3) is 0.207. The van der Waals surface area contributed by atoms with Gasteiger partial charge in [0.25, 0.3) is 5.91 Å². The minimum atomic E-state index is -0.334. The highest BCUT2D eigenvalue weighted by Gasteiger charge is 2.23. The van der Waals surface area contributed by atoms with Gasteiger partial charge in [-0.05, 0) is 56.3 Å². The van der Waals surface area contributed by atoms with E-state index in [0.717, 1.165) is 11.3 Å². The van der Waals surface area contributed by atoms with Gasteiger partial charge in [0.2, 0.25) is 5.91 Å². The van der Waals surface area contributed by atoms with Crippen LogP contribution in [0.5, 0.6) is 11.5 Å². The highest BCUT2D eigenvalue weighted by molar-refractivity contribution is 5.99. The Morgan fingerprint density at radius 2 is 1.59 bits per heavy atom. The van der Waals surface area contributed by atoms with Gasteiger partial charge < -0.3 is 19.7 Å². The molecule has 4 rings (SSSR count). The van der Waals surface area contributed by atoms with Crippen LogP contribution in [0.3, 0.4) is 0 Å². The number of amides is 2. The zero-order chi connectivity index (χ0) is 26.4. The number of anilines is 1. The van der Waals surface area contributed by atoms with Gasteiger partial charge in [-0.3, -0.25) is 9.59 Å². The van der Waals surface area contributed by atoms with Gasteiger partial charge in [0, 0.05) is 23.2 Å². The molecular formula is C29H30N4O4. The van der Waals surface area contributed by atoms with Gasteiger partial charge in [-0.2, -0.15) is 5.10 Å². The standard InChI is InChI=1S/C29H30N4O4/c1-20(2)32(29(35)22-11-8-12-25(17-22)37-4)19-28(34)30-27-18-26(21-9-6-5-7-10-21)31-33(27)23-13-15-24(36-3)16-14-23/h5-18,20H,19H2,1-4H3,(H,30,34). The highest BCUT2D eigenvalue weighted by Crippen LogP contribution is 2.26. The first-order valence-corrected chi connectivity index (χ1v) is 11.9. The van der Waals surface area contributed by atoms with E-state index in [1.807, 2.05) is 74.5 Å². The number of carbonyl (C=O) groups is 2. The summed E-state index contributed by atoms with van der Waals surface area (Å²) in [6.45, 7) is 3.63. The van der Waals surface area contributed by atoms with Crippen molar-refractivity contribution in [2.75, 3.05) is 26.1 Å². The van der Waals surface area contributed by atoms with Crippen molar-refractivity contribution in [3.8, 4) is 28.4 Å². The molecule has 0 saturated carbocycles. The molecule has 37 heavy (non-hydrogen) atoms. The topological polar surface area (TPSA) is 85.7 Å². The lowest BCUT2D eigenvalue weighted by Gasteiger charge is -2.26. The molecule has 1 N–H and O–H groups in total. The Labute approximate surface area is 216 Å². The van der Waals surface area contributed by atoms with Crippen molar-refractivity contribution in [1.82, 2.24) is 14.7 Å². The van der Waals surface area contributed by atoms with Gasteiger partial charge in [0.15, 0.2) is 0 Å². The molecule has 4 aromatic rings. The van der Waals surface area contributed by atoms with Crippen LogP contribution in [0.4, 0.5) is 5.82 Å². The van der Waals surface area contributed by atoms with Crippen molar-refractivity contribution in [3.63, 3.8) is 0 Å².